The lowest BCUT2D eigenvalue weighted by atomic mass is 10.00. The smallest absolute Gasteiger partial charge is 0.219 e. The fourth-order valence-corrected chi connectivity index (χ4v) is 2.94. The summed E-state index contributed by atoms with van der Waals surface area (Å²) in [4.78, 5) is 11.2. The van der Waals surface area contributed by atoms with Gasteiger partial charge in [-0.25, -0.2) is 0 Å². The number of nitrogens with two attached hydrogens (primary N) is 2. The zero-order valence-corrected chi connectivity index (χ0v) is 17.2. The predicted octanol–water partition coefficient (Wildman–Crippen LogP) is 1.74. The highest BCUT2D eigenvalue weighted by atomic mass is 16.1. The highest BCUT2D eigenvalue weighted by molar-refractivity contribution is 5.75. The van der Waals surface area contributed by atoms with Crippen molar-refractivity contribution in [2.24, 2.45) is 17.4 Å². The summed E-state index contributed by atoms with van der Waals surface area (Å²) in [5, 5.41) is 10.1. The molecule has 6 nitrogen and oxygen atoms in total. The summed E-state index contributed by atoms with van der Waals surface area (Å²) < 4.78 is 0. The molecule has 0 aliphatic carbocycles. The van der Waals surface area contributed by atoms with Gasteiger partial charge in [0.2, 0.25) is 5.91 Å². The first-order chi connectivity index (χ1) is 12.7. The molecule has 0 bridgehead atoms. The topological polar surface area (TPSA) is 105 Å². The molecule has 0 saturated heterocycles. The first kappa shape index (κ1) is 25.3. The second kappa shape index (κ2) is 20.6. The van der Waals surface area contributed by atoms with E-state index in [9.17, 15) is 4.79 Å². The van der Waals surface area contributed by atoms with Crippen LogP contribution in [-0.2, 0) is 4.79 Å². The van der Waals surface area contributed by atoms with Crippen molar-refractivity contribution in [1.82, 2.24) is 16.0 Å². The molecule has 0 atom stereocenters. The Morgan fingerprint density at radius 3 is 1.85 bits per heavy atom. The summed E-state index contributed by atoms with van der Waals surface area (Å²) in [5.41, 5.74) is 11.1. The molecule has 26 heavy (non-hydrogen) atoms. The standard InChI is InChI=1S/C20H45N5O/c1-2-20(26)25-16-8-4-3-5-11-19(17-23-14-9-6-12-21)18-24-15-10-7-13-22/h19,23-24H,2-18,21-22H2,1H3,(H,25,26). The van der Waals surface area contributed by atoms with Gasteiger partial charge < -0.3 is 27.4 Å². The molecule has 0 fully saturated rings. The summed E-state index contributed by atoms with van der Waals surface area (Å²) in [6, 6.07) is 0. The molecular formula is C20H45N5O. The van der Waals surface area contributed by atoms with Crippen LogP contribution in [0.25, 0.3) is 0 Å². The molecule has 0 radical (unpaired) electrons. The number of carbonyl (C=O) groups is 1. The molecule has 156 valence electrons. The largest absolute Gasteiger partial charge is 0.356 e. The summed E-state index contributed by atoms with van der Waals surface area (Å²) >= 11 is 0. The Morgan fingerprint density at radius 1 is 0.769 bits per heavy atom. The highest BCUT2D eigenvalue weighted by Crippen LogP contribution is 2.10. The zero-order chi connectivity index (χ0) is 19.3. The minimum atomic E-state index is 0.159. The maximum absolute atomic E-state index is 11.2. The van der Waals surface area contributed by atoms with E-state index in [0.717, 1.165) is 77.9 Å². The van der Waals surface area contributed by atoms with E-state index >= 15 is 0 Å². The van der Waals surface area contributed by atoms with Crippen molar-refractivity contribution in [3.05, 3.63) is 0 Å². The monoisotopic (exact) mass is 371 g/mol. The van der Waals surface area contributed by atoms with Crippen LogP contribution in [-0.4, -0.2) is 51.7 Å². The van der Waals surface area contributed by atoms with Crippen LogP contribution in [0.3, 0.4) is 0 Å². The number of carbonyl (C=O) groups excluding carboxylic acids is 1. The quantitative estimate of drug-likeness (QED) is 0.210. The Hall–Kier alpha value is -0.690. The number of rotatable bonds is 20. The van der Waals surface area contributed by atoms with Gasteiger partial charge in [0.25, 0.3) is 0 Å². The van der Waals surface area contributed by atoms with Crippen molar-refractivity contribution in [2.45, 2.75) is 71.1 Å². The lowest BCUT2D eigenvalue weighted by Crippen LogP contribution is -2.32. The number of nitrogens with one attached hydrogen (secondary N) is 3. The molecule has 0 aromatic heterocycles. The van der Waals surface area contributed by atoms with Crippen LogP contribution in [0.15, 0.2) is 0 Å². The van der Waals surface area contributed by atoms with E-state index in [2.05, 4.69) is 16.0 Å². The molecule has 0 heterocycles. The van der Waals surface area contributed by atoms with Gasteiger partial charge in [-0.3, -0.25) is 4.79 Å². The number of unbranched alkanes of at least 4 members (excludes halogenated alkanes) is 5. The maximum atomic E-state index is 11.2. The third-order valence-corrected chi connectivity index (χ3v) is 4.66. The summed E-state index contributed by atoms with van der Waals surface area (Å²) in [7, 11) is 0. The van der Waals surface area contributed by atoms with Crippen LogP contribution < -0.4 is 27.4 Å². The number of amides is 1. The molecule has 0 saturated carbocycles. The van der Waals surface area contributed by atoms with Crippen molar-refractivity contribution < 1.29 is 4.79 Å². The second-order valence-corrected chi connectivity index (χ2v) is 7.17. The Morgan fingerprint density at radius 2 is 1.31 bits per heavy atom. The van der Waals surface area contributed by atoms with Gasteiger partial charge in [-0.05, 0) is 83.7 Å². The lowest BCUT2D eigenvalue weighted by molar-refractivity contribution is -0.120. The fourth-order valence-electron chi connectivity index (χ4n) is 2.94. The number of hydrogen-bond acceptors (Lipinski definition) is 5. The molecule has 0 aliphatic heterocycles. The van der Waals surface area contributed by atoms with Gasteiger partial charge in [0.1, 0.15) is 0 Å². The van der Waals surface area contributed by atoms with E-state index in [-0.39, 0.29) is 5.91 Å². The van der Waals surface area contributed by atoms with Crippen LogP contribution >= 0.6 is 0 Å². The maximum Gasteiger partial charge on any atom is 0.219 e. The predicted molar refractivity (Wildman–Crippen MR) is 112 cm³/mol. The number of hydrogen-bond donors (Lipinski definition) is 5. The average molecular weight is 372 g/mol. The van der Waals surface area contributed by atoms with Crippen LogP contribution in [0, 0.1) is 5.92 Å². The first-order valence-electron chi connectivity index (χ1n) is 10.8. The summed E-state index contributed by atoms with van der Waals surface area (Å²) in [6.07, 6.45) is 11.2. The van der Waals surface area contributed by atoms with E-state index in [1.807, 2.05) is 6.92 Å². The molecule has 6 heteroatoms. The van der Waals surface area contributed by atoms with Gasteiger partial charge in [0.15, 0.2) is 0 Å². The molecule has 0 aliphatic rings. The second-order valence-electron chi connectivity index (χ2n) is 7.17. The summed E-state index contributed by atoms with van der Waals surface area (Å²) in [5.74, 6) is 0.844. The molecule has 0 aromatic rings. The van der Waals surface area contributed by atoms with Gasteiger partial charge in [-0.2, -0.15) is 0 Å². The lowest BCUT2D eigenvalue weighted by Gasteiger charge is -2.18. The van der Waals surface area contributed by atoms with Crippen molar-refractivity contribution in [1.29, 1.82) is 0 Å². The Bertz CT molecular complexity index is 288. The SMILES string of the molecule is CCC(=O)NCCCCCCC(CNCCCCN)CNCCCCN. The molecule has 0 aromatic carbocycles. The van der Waals surface area contributed by atoms with Crippen molar-refractivity contribution in [2.75, 3.05) is 45.8 Å². The molecule has 0 spiro atoms. The third kappa shape index (κ3) is 18.1. The van der Waals surface area contributed by atoms with Gasteiger partial charge in [0, 0.05) is 13.0 Å². The minimum Gasteiger partial charge on any atom is -0.356 e. The normalized spacial score (nSPS) is 11.2. The van der Waals surface area contributed by atoms with Gasteiger partial charge in [-0.1, -0.05) is 26.2 Å². The van der Waals surface area contributed by atoms with Crippen molar-refractivity contribution in [3.8, 4) is 0 Å². The minimum absolute atomic E-state index is 0.159. The Labute approximate surface area is 161 Å². The fraction of sp³-hybridized carbons (Fsp3) is 0.950. The third-order valence-electron chi connectivity index (χ3n) is 4.66. The van der Waals surface area contributed by atoms with Gasteiger partial charge in [0.05, 0.1) is 0 Å². The van der Waals surface area contributed by atoms with Crippen LogP contribution in [0.5, 0.6) is 0 Å². The highest BCUT2D eigenvalue weighted by Gasteiger charge is 2.08. The van der Waals surface area contributed by atoms with Crippen LogP contribution in [0.4, 0.5) is 0 Å². The summed E-state index contributed by atoms with van der Waals surface area (Å²) in [6.45, 7) is 8.59. The van der Waals surface area contributed by atoms with E-state index in [4.69, 9.17) is 11.5 Å². The Kier molecular flexibility index (Phi) is 20.1. The van der Waals surface area contributed by atoms with Gasteiger partial charge in [-0.15, -0.1) is 0 Å². The molecular weight excluding hydrogens is 326 g/mol. The average Bonchev–Trinajstić information content (AvgIpc) is 2.65. The Balaban J connectivity index is 3.78. The van der Waals surface area contributed by atoms with Crippen LogP contribution in [0.1, 0.15) is 71.1 Å². The van der Waals surface area contributed by atoms with Crippen molar-refractivity contribution >= 4 is 5.91 Å². The van der Waals surface area contributed by atoms with Crippen LogP contribution in [0.2, 0.25) is 0 Å². The molecule has 0 unspecified atom stereocenters. The molecule has 1 amide bonds. The van der Waals surface area contributed by atoms with E-state index < -0.39 is 0 Å². The molecule has 7 N–H and O–H groups in total. The van der Waals surface area contributed by atoms with E-state index in [1.165, 1.54) is 25.7 Å². The van der Waals surface area contributed by atoms with E-state index in [1.54, 1.807) is 0 Å². The first-order valence-corrected chi connectivity index (χ1v) is 10.8. The zero-order valence-electron chi connectivity index (χ0n) is 17.2. The van der Waals surface area contributed by atoms with Gasteiger partial charge >= 0.3 is 0 Å². The van der Waals surface area contributed by atoms with Crippen molar-refractivity contribution in [3.63, 3.8) is 0 Å². The molecule has 0 rings (SSSR count). The van der Waals surface area contributed by atoms with E-state index in [0.29, 0.717) is 12.3 Å².